The fourth-order valence-corrected chi connectivity index (χ4v) is 0. The molecule has 7 nitrogen and oxygen atoms in total. The zero-order valence-electron chi connectivity index (χ0n) is 15.2. The Kier molecular flexibility index (Phi) is 108. The predicted molar refractivity (Wildman–Crippen MR) is 98.6 cm³/mol. The van der Waals surface area contributed by atoms with Crippen LogP contribution in [0.25, 0.3) is 0 Å². The summed E-state index contributed by atoms with van der Waals surface area (Å²) >= 11 is 0. The molecular formula is C17H39O7. The van der Waals surface area contributed by atoms with Gasteiger partial charge in [0.05, 0.1) is 0 Å². The summed E-state index contributed by atoms with van der Waals surface area (Å²) < 4.78 is 0. The first-order chi connectivity index (χ1) is 11.3. The number of hydrogen-bond acceptors (Lipinski definition) is 6. The van der Waals surface area contributed by atoms with Crippen LogP contribution in [-0.4, -0.2) is 69.6 Å². The van der Waals surface area contributed by atoms with Crippen molar-refractivity contribution in [3.63, 3.8) is 0 Å². The highest BCUT2D eigenvalue weighted by atomic mass is 16.4. The maximum atomic E-state index is 9.00. The molecule has 0 saturated heterocycles. The number of carboxylic acid groups (broad SMARTS) is 1. The predicted octanol–water partition coefficient (Wildman–Crippen LogP) is 1.11. The van der Waals surface area contributed by atoms with Gasteiger partial charge in [0.25, 0.3) is 5.97 Å². The van der Waals surface area contributed by atoms with Gasteiger partial charge in [-0.3, -0.25) is 4.79 Å². The van der Waals surface area contributed by atoms with Gasteiger partial charge in [0.15, 0.2) is 0 Å². The second-order valence-electron chi connectivity index (χ2n) is 3.40. The summed E-state index contributed by atoms with van der Waals surface area (Å²) in [6, 6.07) is 0. The number of aliphatic hydroxyl groups is 5. The molecule has 0 aromatic heterocycles. The lowest BCUT2D eigenvalue weighted by Crippen LogP contribution is -1.78. The number of rotatable bonds is 5. The molecule has 0 spiro atoms. The third-order valence-corrected chi connectivity index (χ3v) is 0.791. The van der Waals surface area contributed by atoms with E-state index < -0.39 is 5.97 Å². The van der Waals surface area contributed by atoms with Crippen LogP contribution in [0.3, 0.4) is 0 Å². The Morgan fingerprint density at radius 3 is 0.625 bits per heavy atom. The molecule has 24 heavy (non-hydrogen) atoms. The average molecular weight is 355 g/mol. The van der Waals surface area contributed by atoms with Crippen molar-refractivity contribution in [2.24, 2.45) is 0 Å². The van der Waals surface area contributed by atoms with Crippen LogP contribution in [0.4, 0.5) is 0 Å². The number of aliphatic hydroxyl groups excluding tert-OH is 5. The van der Waals surface area contributed by atoms with Crippen molar-refractivity contribution < 1.29 is 35.4 Å². The monoisotopic (exact) mass is 355 g/mol. The molecular weight excluding hydrogens is 316 g/mol. The van der Waals surface area contributed by atoms with Crippen molar-refractivity contribution in [1.29, 1.82) is 0 Å². The molecule has 0 aliphatic heterocycles. The van der Waals surface area contributed by atoms with Crippen molar-refractivity contribution in [2.45, 2.75) is 39.0 Å². The highest BCUT2D eigenvalue weighted by Gasteiger charge is 1.65. The Hall–Kier alpha value is -0.730. The van der Waals surface area contributed by atoms with Gasteiger partial charge in [0, 0.05) is 40.0 Å². The van der Waals surface area contributed by atoms with Crippen molar-refractivity contribution in [3.8, 4) is 0 Å². The Morgan fingerprint density at radius 1 is 0.583 bits per heavy atom. The Bertz CT molecular complexity index is 108. The van der Waals surface area contributed by atoms with E-state index in [-0.39, 0.29) is 33.0 Å². The molecule has 7 heteroatoms. The number of carbonyl (C=O) groups is 1. The second kappa shape index (κ2) is 66.9. The van der Waals surface area contributed by atoms with E-state index in [1.807, 2.05) is 0 Å². The van der Waals surface area contributed by atoms with Crippen molar-refractivity contribution in [1.82, 2.24) is 0 Å². The number of hydrogen-bond donors (Lipinski definition) is 6. The summed E-state index contributed by atoms with van der Waals surface area (Å²) in [7, 11) is 0. The summed E-state index contributed by atoms with van der Waals surface area (Å²) in [5.41, 5.74) is 0. The summed E-state index contributed by atoms with van der Waals surface area (Å²) in [5, 5.41) is 46.5. The molecule has 0 unspecified atom stereocenters. The summed E-state index contributed by atoms with van der Waals surface area (Å²) in [6.07, 6.45) is 3.12. The minimum atomic E-state index is -0.833. The van der Waals surface area contributed by atoms with E-state index in [1.54, 1.807) is 0 Å². The first kappa shape index (κ1) is 38.7. The third kappa shape index (κ3) is 479. The van der Waals surface area contributed by atoms with Crippen LogP contribution in [0.15, 0.2) is 0 Å². The zero-order chi connectivity index (χ0) is 20.6. The average Bonchev–Trinajstić information content (AvgIpc) is 2.61. The first-order valence-corrected chi connectivity index (χ1v) is 7.51. The molecule has 5 radical (unpaired) electrons. The van der Waals surface area contributed by atoms with Crippen LogP contribution in [0.2, 0.25) is 0 Å². The second-order valence-corrected chi connectivity index (χ2v) is 3.40. The molecule has 6 N–H and O–H groups in total. The lowest BCUT2D eigenvalue weighted by molar-refractivity contribution is -0.134. The number of aliphatic carboxylic acids is 1. The maximum absolute atomic E-state index is 9.00. The molecule has 149 valence electrons. The van der Waals surface area contributed by atoms with E-state index in [9.17, 15) is 0 Å². The van der Waals surface area contributed by atoms with Gasteiger partial charge in [-0.05, 0) is 32.1 Å². The smallest absolute Gasteiger partial charge is 0.300 e. The highest BCUT2D eigenvalue weighted by molar-refractivity contribution is 5.62. The van der Waals surface area contributed by atoms with Gasteiger partial charge >= 0.3 is 0 Å². The third-order valence-electron chi connectivity index (χ3n) is 0.791. The van der Waals surface area contributed by atoms with E-state index in [4.69, 9.17) is 35.4 Å². The molecule has 0 fully saturated rings. The van der Waals surface area contributed by atoms with Crippen LogP contribution < -0.4 is 0 Å². The van der Waals surface area contributed by atoms with Crippen LogP contribution >= 0.6 is 0 Å². The topological polar surface area (TPSA) is 138 Å². The molecule has 0 aliphatic carbocycles. The van der Waals surface area contributed by atoms with Gasteiger partial charge in [-0.25, -0.2) is 0 Å². The van der Waals surface area contributed by atoms with Crippen LogP contribution in [-0.2, 0) is 4.79 Å². The zero-order valence-corrected chi connectivity index (χ0v) is 15.2. The summed E-state index contributed by atoms with van der Waals surface area (Å²) in [5.74, 6) is -0.833. The van der Waals surface area contributed by atoms with Gasteiger partial charge in [-0.15, -0.1) is 0 Å². The molecule has 0 amide bonds. The molecule has 0 atom stereocenters. The molecule has 0 aromatic rings. The standard InChI is InChI=1S/5C3H7O.C2H4O2/c5*1-2-3-4;1-2(3)4/h5*4H,1-3H2;1H3,(H,3,4). The Balaban J connectivity index is -0.0000000405. The van der Waals surface area contributed by atoms with Gasteiger partial charge in [0.2, 0.25) is 0 Å². The molecule has 0 heterocycles. The largest absolute Gasteiger partial charge is 0.481 e. The molecule has 0 saturated carbocycles. The molecule has 0 aromatic carbocycles. The van der Waals surface area contributed by atoms with Crippen molar-refractivity contribution >= 4 is 5.97 Å². The van der Waals surface area contributed by atoms with Crippen molar-refractivity contribution in [3.05, 3.63) is 34.6 Å². The van der Waals surface area contributed by atoms with E-state index in [1.165, 1.54) is 0 Å². The summed E-state index contributed by atoms with van der Waals surface area (Å²) in [6.45, 7) is 18.9. The van der Waals surface area contributed by atoms with Crippen molar-refractivity contribution in [2.75, 3.05) is 33.0 Å². The normalized spacial score (nSPS) is 7.29. The first-order valence-electron chi connectivity index (χ1n) is 7.51. The SMILES string of the molecule is CC(=O)O.[CH2]CCO.[CH2]CCO.[CH2]CCO.[CH2]CCO.[CH2]CCO. The van der Waals surface area contributed by atoms with Gasteiger partial charge < -0.3 is 30.6 Å². The fourth-order valence-electron chi connectivity index (χ4n) is 0. The minimum Gasteiger partial charge on any atom is -0.481 e. The molecule has 0 aliphatic rings. The van der Waals surface area contributed by atoms with Crippen LogP contribution in [0, 0.1) is 34.6 Å². The number of carboxylic acids is 1. The van der Waals surface area contributed by atoms with Gasteiger partial charge in [-0.1, -0.05) is 34.6 Å². The Morgan fingerprint density at radius 2 is 0.625 bits per heavy atom. The van der Waals surface area contributed by atoms with E-state index in [0.717, 1.165) is 6.92 Å². The van der Waals surface area contributed by atoms with E-state index >= 15 is 0 Å². The lowest BCUT2D eigenvalue weighted by Gasteiger charge is -1.69. The van der Waals surface area contributed by atoms with E-state index in [2.05, 4.69) is 34.6 Å². The van der Waals surface area contributed by atoms with E-state index in [0.29, 0.717) is 32.1 Å². The maximum Gasteiger partial charge on any atom is 0.300 e. The van der Waals surface area contributed by atoms with Gasteiger partial charge in [0.1, 0.15) is 0 Å². The van der Waals surface area contributed by atoms with Crippen LogP contribution in [0.5, 0.6) is 0 Å². The highest BCUT2D eigenvalue weighted by Crippen LogP contribution is 1.61. The van der Waals surface area contributed by atoms with Crippen LogP contribution in [0.1, 0.15) is 39.0 Å². The van der Waals surface area contributed by atoms with Gasteiger partial charge in [-0.2, -0.15) is 0 Å². The molecule has 0 bridgehead atoms. The molecule has 0 rings (SSSR count). The minimum absolute atomic E-state index is 0.208. The quantitative estimate of drug-likeness (QED) is 0.434. The lowest BCUT2D eigenvalue weighted by atomic mass is 10.5. The Labute approximate surface area is 149 Å². The summed E-state index contributed by atoms with van der Waals surface area (Å²) in [4.78, 5) is 9.00. The fraction of sp³-hybridized carbons (Fsp3) is 0.647.